The molecule has 1 aliphatic rings. The molecule has 1 heterocycles. The second-order valence-corrected chi connectivity index (χ2v) is 6.51. The van der Waals surface area contributed by atoms with Crippen molar-refractivity contribution >= 4 is 40.5 Å². The van der Waals surface area contributed by atoms with E-state index in [1.165, 1.54) is 18.2 Å². The quantitative estimate of drug-likeness (QED) is 0.655. The highest BCUT2D eigenvalue weighted by atomic mass is 35.5. The molecular weight excluding hydrogens is 358 g/mol. The van der Waals surface area contributed by atoms with Crippen molar-refractivity contribution in [3.8, 4) is 0 Å². The molecule has 1 atom stereocenters. The summed E-state index contributed by atoms with van der Waals surface area (Å²) in [5, 5.41) is 13.6. The molecule has 1 fully saturated rings. The Hall–Kier alpha value is -2.93. The summed E-state index contributed by atoms with van der Waals surface area (Å²) >= 11 is 5.77. The number of nitrogens with one attached hydrogen (secondary N) is 1. The van der Waals surface area contributed by atoms with Gasteiger partial charge < -0.3 is 10.2 Å². The third kappa shape index (κ3) is 3.52. The molecule has 0 saturated carbocycles. The van der Waals surface area contributed by atoms with Gasteiger partial charge in [-0.05, 0) is 30.7 Å². The Balaban J connectivity index is 1.74. The number of amides is 2. The largest absolute Gasteiger partial charge is 0.326 e. The predicted octanol–water partition coefficient (Wildman–Crippen LogP) is 3.55. The maximum atomic E-state index is 12.5. The van der Waals surface area contributed by atoms with Crippen LogP contribution < -0.4 is 10.2 Å². The molecule has 0 aromatic heterocycles. The number of hydrogen-bond acceptors (Lipinski definition) is 4. The van der Waals surface area contributed by atoms with E-state index in [2.05, 4.69) is 5.32 Å². The molecule has 0 aliphatic carbocycles. The van der Waals surface area contributed by atoms with Gasteiger partial charge in [-0.2, -0.15) is 0 Å². The average molecular weight is 374 g/mol. The maximum absolute atomic E-state index is 12.5. The fourth-order valence-corrected chi connectivity index (χ4v) is 3.14. The highest BCUT2D eigenvalue weighted by molar-refractivity contribution is 6.32. The number of carbonyl (C=O) groups excluding carboxylic acids is 2. The predicted molar refractivity (Wildman–Crippen MR) is 98.4 cm³/mol. The summed E-state index contributed by atoms with van der Waals surface area (Å²) < 4.78 is 0. The van der Waals surface area contributed by atoms with Crippen molar-refractivity contribution in [2.75, 3.05) is 16.8 Å². The monoisotopic (exact) mass is 373 g/mol. The van der Waals surface area contributed by atoms with Gasteiger partial charge in [-0.15, -0.1) is 0 Å². The third-order valence-electron chi connectivity index (χ3n) is 4.31. The summed E-state index contributed by atoms with van der Waals surface area (Å²) in [5.74, 6) is -1.01. The lowest BCUT2D eigenvalue weighted by molar-refractivity contribution is -0.384. The van der Waals surface area contributed by atoms with Gasteiger partial charge in [-0.3, -0.25) is 19.7 Å². The Morgan fingerprint density at radius 1 is 1.31 bits per heavy atom. The summed E-state index contributed by atoms with van der Waals surface area (Å²) in [6.07, 6.45) is 0.0931. The normalized spacial score (nSPS) is 16.6. The van der Waals surface area contributed by atoms with Crippen LogP contribution >= 0.6 is 11.6 Å². The number of benzene rings is 2. The van der Waals surface area contributed by atoms with Gasteiger partial charge in [-0.25, -0.2) is 0 Å². The highest BCUT2D eigenvalue weighted by Crippen LogP contribution is 2.30. The van der Waals surface area contributed by atoms with Crippen molar-refractivity contribution in [3.05, 3.63) is 63.2 Å². The van der Waals surface area contributed by atoms with Crippen LogP contribution in [-0.2, 0) is 9.59 Å². The van der Waals surface area contributed by atoms with Crippen molar-refractivity contribution in [2.24, 2.45) is 5.92 Å². The smallest absolute Gasteiger partial charge is 0.289 e. The standard InChI is InChI=1S/C18H16ClN3O4/c1-11-4-2-3-5-15(11)21-10-12(8-17(21)23)18(24)20-13-6-7-14(19)16(9-13)22(25)26/h2-7,9,12H,8,10H2,1H3,(H,20,24)/t12-/m0/s1. The minimum atomic E-state index is -0.614. The first-order valence-electron chi connectivity index (χ1n) is 7.97. The van der Waals surface area contributed by atoms with Crippen LogP contribution in [-0.4, -0.2) is 23.3 Å². The first-order valence-corrected chi connectivity index (χ1v) is 8.35. The Bertz CT molecular complexity index is 900. The van der Waals surface area contributed by atoms with E-state index in [1.807, 2.05) is 31.2 Å². The average Bonchev–Trinajstić information content (AvgIpc) is 2.98. The molecule has 26 heavy (non-hydrogen) atoms. The molecule has 8 heteroatoms. The van der Waals surface area contributed by atoms with Gasteiger partial charge in [-0.1, -0.05) is 29.8 Å². The zero-order chi connectivity index (χ0) is 18.8. The zero-order valence-corrected chi connectivity index (χ0v) is 14.7. The minimum absolute atomic E-state index is 0.00484. The summed E-state index contributed by atoms with van der Waals surface area (Å²) in [6, 6.07) is 11.5. The van der Waals surface area contributed by atoms with Gasteiger partial charge in [0.05, 0.1) is 10.8 Å². The lowest BCUT2D eigenvalue weighted by atomic mass is 10.1. The van der Waals surface area contributed by atoms with Gasteiger partial charge in [0.25, 0.3) is 5.69 Å². The van der Waals surface area contributed by atoms with E-state index >= 15 is 0 Å². The van der Waals surface area contributed by atoms with E-state index in [-0.39, 0.29) is 41.2 Å². The minimum Gasteiger partial charge on any atom is -0.326 e. The topological polar surface area (TPSA) is 92.6 Å². The molecule has 3 rings (SSSR count). The van der Waals surface area contributed by atoms with Crippen LogP contribution in [0.2, 0.25) is 5.02 Å². The van der Waals surface area contributed by atoms with Crippen molar-refractivity contribution in [3.63, 3.8) is 0 Å². The molecule has 0 radical (unpaired) electrons. The summed E-state index contributed by atoms with van der Waals surface area (Å²) in [4.78, 5) is 36.8. The Morgan fingerprint density at radius 2 is 2.04 bits per heavy atom. The molecular formula is C18H16ClN3O4. The van der Waals surface area contributed by atoms with Crippen LogP contribution in [0, 0.1) is 23.0 Å². The van der Waals surface area contributed by atoms with E-state index in [0.717, 1.165) is 11.3 Å². The molecule has 0 unspecified atom stereocenters. The highest BCUT2D eigenvalue weighted by Gasteiger charge is 2.35. The zero-order valence-electron chi connectivity index (χ0n) is 13.9. The number of para-hydroxylation sites is 1. The number of nitrogens with zero attached hydrogens (tertiary/aromatic N) is 2. The number of nitro groups is 1. The van der Waals surface area contributed by atoms with E-state index in [4.69, 9.17) is 11.6 Å². The molecule has 0 spiro atoms. The fourth-order valence-electron chi connectivity index (χ4n) is 2.96. The molecule has 0 bridgehead atoms. The lowest BCUT2D eigenvalue weighted by Crippen LogP contribution is -2.28. The van der Waals surface area contributed by atoms with Gasteiger partial charge >= 0.3 is 0 Å². The van der Waals surface area contributed by atoms with Crippen molar-refractivity contribution < 1.29 is 14.5 Å². The molecule has 1 N–H and O–H groups in total. The summed E-state index contributed by atoms with van der Waals surface area (Å²) in [7, 11) is 0. The number of aryl methyl sites for hydroxylation is 1. The van der Waals surface area contributed by atoms with Crippen LogP contribution in [0.3, 0.4) is 0 Å². The lowest BCUT2D eigenvalue weighted by Gasteiger charge is -2.19. The van der Waals surface area contributed by atoms with Gasteiger partial charge in [0.1, 0.15) is 5.02 Å². The van der Waals surface area contributed by atoms with Crippen LogP contribution in [0.15, 0.2) is 42.5 Å². The number of halogens is 1. The second kappa shape index (κ2) is 7.13. The van der Waals surface area contributed by atoms with E-state index in [1.54, 1.807) is 4.90 Å². The molecule has 7 nitrogen and oxygen atoms in total. The van der Waals surface area contributed by atoms with Crippen molar-refractivity contribution in [1.82, 2.24) is 0 Å². The summed E-state index contributed by atoms with van der Waals surface area (Å²) in [6.45, 7) is 2.17. The Labute approximate surface area is 154 Å². The molecule has 1 aliphatic heterocycles. The first-order chi connectivity index (χ1) is 12.4. The van der Waals surface area contributed by atoms with Crippen LogP contribution in [0.5, 0.6) is 0 Å². The van der Waals surface area contributed by atoms with Crippen molar-refractivity contribution in [1.29, 1.82) is 0 Å². The molecule has 1 saturated heterocycles. The van der Waals surface area contributed by atoms with E-state index < -0.39 is 10.8 Å². The number of anilines is 2. The summed E-state index contributed by atoms with van der Waals surface area (Å²) in [5.41, 5.74) is 1.73. The van der Waals surface area contributed by atoms with Gasteiger partial charge in [0.15, 0.2) is 0 Å². The van der Waals surface area contributed by atoms with Crippen LogP contribution in [0.4, 0.5) is 17.1 Å². The van der Waals surface area contributed by atoms with Crippen LogP contribution in [0.25, 0.3) is 0 Å². The van der Waals surface area contributed by atoms with Gasteiger partial charge in [0.2, 0.25) is 11.8 Å². The second-order valence-electron chi connectivity index (χ2n) is 6.10. The maximum Gasteiger partial charge on any atom is 0.289 e. The number of carbonyl (C=O) groups is 2. The number of nitro benzene ring substituents is 1. The van der Waals surface area contributed by atoms with Crippen LogP contribution in [0.1, 0.15) is 12.0 Å². The Morgan fingerprint density at radius 3 is 2.73 bits per heavy atom. The van der Waals surface area contributed by atoms with Crippen molar-refractivity contribution in [2.45, 2.75) is 13.3 Å². The Kier molecular flexibility index (Phi) is 4.90. The molecule has 2 amide bonds. The van der Waals surface area contributed by atoms with E-state index in [0.29, 0.717) is 0 Å². The molecule has 2 aromatic rings. The fraction of sp³-hybridized carbons (Fsp3) is 0.222. The first kappa shape index (κ1) is 17.9. The van der Waals surface area contributed by atoms with E-state index in [9.17, 15) is 19.7 Å². The number of hydrogen-bond donors (Lipinski definition) is 1. The molecule has 2 aromatic carbocycles. The number of rotatable bonds is 4. The molecule has 134 valence electrons. The third-order valence-corrected chi connectivity index (χ3v) is 4.63. The van der Waals surface area contributed by atoms with Gasteiger partial charge in [0, 0.05) is 30.4 Å². The SMILES string of the molecule is Cc1ccccc1N1C[C@@H](C(=O)Nc2ccc(Cl)c([N+](=O)[O-])c2)CC1=O.